The number of hydrogen-bond donors (Lipinski definition) is 1. The first-order valence-electron chi connectivity index (χ1n) is 7.00. The largest absolute Gasteiger partial charge is 0.423 e. The Morgan fingerprint density at radius 1 is 1.32 bits per heavy atom. The molecule has 108 valence electrons. The van der Waals surface area contributed by atoms with Crippen LogP contribution in [0, 0.1) is 0 Å². The summed E-state index contributed by atoms with van der Waals surface area (Å²) in [6, 6.07) is 0.0521. The molecule has 4 nitrogen and oxygen atoms in total. The van der Waals surface area contributed by atoms with E-state index in [1.54, 1.807) is 0 Å². The second-order valence-electron chi connectivity index (χ2n) is 5.13. The van der Waals surface area contributed by atoms with Crippen molar-refractivity contribution in [1.29, 1.82) is 0 Å². The molecule has 1 N–H and O–H groups in total. The molecule has 0 amide bonds. The van der Waals surface area contributed by atoms with Crippen molar-refractivity contribution in [3.63, 3.8) is 0 Å². The van der Waals surface area contributed by atoms with Crippen molar-refractivity contribution in [2.45, 2.75) is 63.8 Å². The molecule has 0 aromatic carbocycles. The summed E-state index contributed by atoms with van der Waals surface area (Å²) < 4.78 is 31.9. The number of rotatable bonds is 5. The van der Waals surface area contributed by atoms with Crippen LogP contribution in [0.4, 0.5) is 8.78 Å². The first kappa shape index (κ1) is 14.4. The lowest BCUT2D eigenvalue weighted by atomic mass is 9.87. The summed E-state index contributed by atoms with van der Waals surface area (Å²) in [5, 5.41) is 11.3. The fraction of sp³-hybridized carbons (Fsp3) is 0.846. The Morgan fingerprint density at radius 3 is 2.58 bits per heavy atom. The van der Waals surface area contributed by atoms with Crippen LogP contribution in [0.5, 0.6) is 0 Å². The Labute approximate surface area is 112 Å². The van der Waals surface area contributed by atoms with Gasteiger partial charge in [0.2, 0.25) is 17.7 Å². The van der Waals surface area contributed by atoms with Crippen molar-refractivity contribution < 1.29 is 13.2 Å². The highest BCUT2D eigenvalue weighted by Gasteiger charge is 2.37. The molecule has 0 saturated heterocycles. The van der Waals surface area contributed by atoms with Crippen LogP contribution in [0.2, 0.25) is 0 Å². The number of hydrogen-bond acceptors (Lipinski definition) is 4. The van der Waals surface area contributed by atoms with Crippen molar-refractivity contribution in [1.82, 2.24) is 15.5 Å². The quantitative estimate of drug-likeness (QED) is 0.893. The molecule has 0 spiro atoms. The number of alkyl halides is 2. The molecule has 1 aromatic heterocycles. The minimum atomic E-state index is -2.52. The molecule has 1 saturated carbocycles. The van der Waals surface area contributed by atoms with E-state index in [1.807, 2.05) is 13.8 Å². The first-order valence-corrected chi connectivity index (χ1v) is 7.00. The summed E-state index contributed by atoms with van der Waals surface area (Å²) in [5.41, 5.74) is 0. The second-order valence-corrected chi connectivity index (χ2v) is 5.13. The van der Waals surface area contributed by atoms with Crippen molar-refractivity contribution in [3.05, 3.63) is 11.8 Å². The minimum Gasteiger partial charge on any atom is -0.423 e. The van der Waals surface area contributed by atoms with E-state index in [2.05, 4.69) is 15.5 Å². The van der Waals surface area contributed by atoms with E-state index < -0.39 is 5.92 Å². The van der Waals surface area contributed by atoms with E-state index in [0.717, 1.165) is 13.0 Å². The number of nitrogens with one attached hydrogen (secondary N) is 1. The summed E-state index contributed by atoms with van der Waals surface area (Å²) >= 11 is 0. The van der Waals surface area contributed by atoms with Crippen molar-refractivity contribution in [2.75, 3.05) is 6.54 Å². The lowest BCUT2D eigenvalue weighted by molar-refractivity contribution is -0.0399. The summed E-state index contributed by atoms with van der Waals surface area (Å²) in [5.74, 6) is -1.45. The second kappa shape index (κ2) is 5.94. The van der Waals surface area contributed by atoms with Gasteiger partial charge in [0.05, 0.1) is 6.04 Å². The van der Waals surface area contributed by atoms with E-state index >= 15 is 0 Å². The Kier molecular flexibility index (Phi) is 4.50. The van der Waals surface area contributed by atoms with Crippen LogP contribution in [-0.4, -0.2) is 22.7 Å². The van der Waals surface area contributed by atoms with Gasteiger partial charge in [-0.15, -0.1) is 10.2 Å². The molecule has 1 heterocycles. The molecule has 19 heavy (non-hydrogen) atoms. The van der Waals surface area contributed by atoms with Gasteiger partial charge in [-0.05, 0) is 25.8 Å². The van der Waals surface area contributed by atoms with Gasteiger partial charge in [-0.1, -0.05) is 13.8 Å². The fourth-order valence-corrected chi connectivity index (χ4v) is 2.49. The molecule has 0 aliphatic heterocycles. The van der Waals surface area contributed by atoms with Gasteiger partial charge in [-0.3, -0.25) is 0 Å². The highest BCUT2D eigenvalue weighted by molar-refractivity contribution is 4.98. The minimum absolute atomic E-state index is 0.0139. The molecule has 1 aliphatic rings. The van der Waals surface area contributed by atoms with Crippen LogP contribution >= 0.6 is 0 Å². The van der Waals surface area contributed by atoms with E-state index in [9.17, 15) is 8.78 Å². The molecular weight excluding hydrogens is 252 g/mol. The van der Waals surface area contributed by atoms with Gasteiger partial charge in [-0.25, -0.2) is 8.78 Å². The maximum Gasteiger partial charge on any atom is 0.248 e. The molecule has 0 bridgehead atoms. The van der Waals surface area contributed by atoms with Gasteiger partial charge < -0.3 is 9.73 Å². The van der Waals surface area contributed by atoms with Gasteiger partial charge >= 0.3 is 0 Å². The average Bonchev–Trinajstić information content (AvgIpc) is 2.85. The van der Waals surface area contributed by atoms with Gasteiger partial charge in [0, 0.05) is 18.8 Å². The smallest absolute Gasteiger partial charge is 0.248 e. The molecule has 1 unspecified atom stereocenters. The molecular formula is C13H21F2N3O. The van der Waals surface area contributed by atoms with Crippen LogP contribution in [0.25, 0.3) is 0 Å². The van der Waals surface area contributed by atoms with Gasteiger partial charge in [-0.2, -0.15) is 0 Å². The predicted octanol–water partition coefficient (Wildman–Crippen LogP) is 3.42. The Bertz CT molecular complexity index is 398. The monoisotopic (exact) mass is 273 g/mol. The van der Waals surface area contributed by atoms with Crippen LogP contribution in [-0.2, 0) is 0 Å². The van der Waals surface area contributed by atoms with Crippen LogP contribution in [0.3, 0.4) is 0 Å². The third kappa shape index (κ3) is 3.49. The third-order valence-corrected chi connectivity index (χ3v) is 3.68. The fourth-order valence-electron chi connectivity index (χ4n) is 2.49. The highest BCUT2D eigenvalue weighted by Crippen LogP contribution is 2.40. The maximum atomic E-state index is 13.1. The van der Waals surface area contributed by atoms with Crippen LogP contribution in [0.15, 0.2) is 4.42 Å². The zero-order valence-electron chi connectivity index (χ0n) is 11.5. The Hall–Kier alpha value is -1.04. The molecule has 1 aromatic rings. The lowest BCUT2D eigenvalue weighted by Gasteiger charge is -2.25. The van der Waals surface area contributed by atoms with Crippen LogP contribution in [0.1, 0.15) is 69.7 Å². The molecule has 1 fully saturated rings. The van der Waals surface area contributed by atoms with Crippen molar-refractivity contribution in [3.8, 4) is 0 Å². The molecule has 2 rings (SSSR count). The van der Waals surface area contributed by atoms with E-state index in [4.69, 9.17) is 4.42 Å². The zero-order chi connectivity index (χ0) is 13.9. The number of halogens is 2. The average molecular weight is 273 g/mol. The third-order valence-electron chi connectivity index (χ3n) is 3.68. The number of aromatic nitrogens is 2. The standard InChI is InChI=1S/C13H21F2N3O/c1-3-10(16-4-2)12-18-17-11(19-12)9-5-7-13(14,15)8-6-9/h9-10,16H,3-8H2,1-2H3. The van der Waals surface area contributed by atoms with Crippen molar-refractivity contribution >= 4 is 0 Å². The van der Waals surface area contributed by atoms with E-state index in [-0.39, 0.29) is 24.8 Å². The Balaban J connectivity index is 2.01. The maximum absolute atomic E-state index is 13.1. The summed E-state index contributed by atoms with van der Waals surface area (Å²) in [6.45, 7) is 4.88. The summed E-state index contributed by atoms with van der Waals surface area (Å²) in [7, 11) is 0. The molecule has 1 atom stereocenters. The van der Waals surface area contributed by atoms with Crippen molar-refractivity contribution in [2.24, 2.45) is 0 Å². The topological polar surface area (TPSA) is 51.0 Å². The van der Waals surface area contributed by atoms with Gasteiger partial charge in [0.1, 0.15) is 0 Å². The van der Waals surface area contributed by atoms with Crippen LogP contribution < -0.4 is 5.32 Å². The highest BCUT2D eigenvalue weighted by atomic mass is 19.3. The predicted molar refractivity (Wildman–Crippen MR) is 67.2 cm³/mol. The molecule has 6 heteroatoms. The van der Waals surface area contributed by atoms with Gasteiger partial charge in [0.25, 0.3) is 0 Å². The lowest BCUT2D eigenvalue weighted by Crippen LogP contribution is -2.23. The normalized spacial score (nSPS) is 21.5. The van der Waals surface area contributed by atoms with E-state index in [0.29, 0.717) is 24.6 Å². The summed E-state index contributed by atoms with van der Waals surface area (Å²) in [4.78, 5) is 0. The summed E-state index contributed by atoms with van der Waals surface area (Å²) in [6.07, 6.45) is 1.54. The Morgan fingerprint density at radius 2 is 2.00 bits per heavy atom. The molecule has 1 aliphatic carbocycles. The molecule has 0 radical (unpaired) electrons. The SMILES string of the molecule is CCNC(CC)c1nnc(C2CCC(F)(F)CC2)o1. The zero-order valence-corrected chi connectivity index (χ0v) is 11.5. The van der Waals surface area contributed by atoms with Gasteiger partial charge in [0.15, 0.2) is 0 Å². The number of nitrogens with zero attached hydrogens (tertiary/aromatic N) is 2. The van der Waals surface area contributed by atoms with E-state index in [1.165, 1.54) is 0 Å². The first-order chi connectivity index (χ1) is 9.05.